The van der Waals surface area contributed by atoms with Crippen LogP contribution in [0.1, 0.15) is 28.0 Å². The number of piperazine rings is 1. The Morgan fingerprint density at radius 1 is 0.972 bits per heavy atom. The smallest absolute Gasteiger partial charge is 0.387 e. The molecule has 1 saturated heterocycles. The molecule has 0 atom stereocenters. The maximum absolute atomic E-state index is 12.4. The highest BCUT2D eigenvalue weighted by Crippen LogP contribution is 2.18. The third kappa shape index (κ3) is 6.08. The Morgan fingerprint density at radius 2 is 1.69 bits per heavy atom. The lowest BCUT2D eigenvalue weighted by atomic mass is 10.2. The second-order valence-corrected chi connectivity index (χ2v) is 7.62. The summed E-state index contributed by atoms with van der Waals surface area (Å²) in [6.07, 6.45) is 1.48. The largest absolute Gasteiger partial charge is 0.435 e. The van der Waals surface area contributed by atoms with Crippen LogP contribution in [0.3, 0.4) is 0 Å². The van der Waals surface area contributed by atoms with Gasteiger partial charge in [0.2, 0.25) is 5.91 Å². The van der Waals surface area contributed by atoms with E-state index in [-0.39, 0.29) is 23.2 Å². The molecule has 3 amide bonds. The van der Waals surface area contributed by atoms with E-state index < -0.39 is 24.3 Å². The highest BCUT2D eigenvalue weighted by atomic mass is 19.3. The van der Waals surface area contributed by atoms with Crippen molar-refractivity contribution in [1.82, 2.24) is 20.1 Å². The monoisotopic (exact) mass is 501 g/mol. The van der Waals surface area contributed by atoms with Gasteiger partial charge in [-0.1, -0.05) is 5.10 Å². The molecule has 2 N–H and O–H groups in total. The Hall–Kier alpha value is -4.62. The molecule has 0 saturated carbocycles. The average molecular weight is 501 g/mol. The quantitative estimate of drug-likeness (QED) is 0.498. The Labute approximate surface area is 203 Å². The number of carbonyl (C=O) groups excluding carboxylic acids is 3. The molecule has 12 nitrogen and oxygen atoms in total. The lowest BCUT2D eigenvalue weighted by Gasteiger charge is -2.34. The van der Waals surface area contributed by atoms with E-state index in [1.807, 2.05) is 4.90 Å². The number of aromatic nitrogens is 3. The summed E-state index contributed by atoms with van der Waals surface area (Å²) >= 11 is 0. The van der Waals surface area contributed by atoms with E-state index in [1.165, 1.54) is 30.5 Å². The zero-order valence-corrected chi connectivity index (χ0v) is 19.0. The van der Waals surface area contributed by atoms with Crippen LogP contribution in [0.4, 0.5) is 26.3 Å². The van der Waals surface area contributed by atoms with Gasteiger partial charge in [-0.15, -0.1) is 5.10 Å². The fraction of sp³-hybridized carbons (Fsp3) is 0.273. The van der Waals surface area contributed by atoms with Gasteiger partial charge in [0, 0.05) is 38.7 Å². The van der Waals surface area contributed by atoms with Crippen LogP contribution in [0.15, 0.2) is 47.0 Å². The van der Waals surface area contributed by atoms with Gasteiger partial charge >= 0.3 is 24.4 Å². The Balaban J connectivity index is 1.30. The molecule has 3 heterocycles. The summed E-state index contributed by atoms with van der Waals surface area (Å²) in [5, 5.41) is 12.1. The lowest BCUT2D eigenvalue weighted by molar-refractivity contribution is -0.129. The van der Waals surface area contributed by atoms with E-state index in [0.29, 0.717) is 37.7 Å². The highest BCUT2D eigenvalue weighted by molar-refractivity contribution is 6.04. The maximum atomic E-state index is 12.4. The molecule has 0 aliphatic carbocycles. The second kappa shape index (κ2) is 10.8. The van der Waals surface area contributed by atoms with Crippen molar-refractivity contribution in [1.29, 1.82) is 0 Å². The predicted molar refractivity (Wildman–Crippen MR) is 122 cm³/mol. The molecule has 3 aromatic rings. The van der Waals surface area contributed by atoms with Crippen molar-refractivity contribution in [3.63, 3.8) is 0 Å². The first-order chi connectivity index (χ1) is 17.3. The normalized spacial score (nSPS) is 13.4. The molecule has 1 fully saturated rings. The first-order valence-corrected chi connectivity index (χ1v) is 10.8. The van der Waals surface area contributed by atoms with Crippen LogP contribution >= 0.6 is 0 Å². The number of halogens is 2. The molecule has 0 bridgehead atoms. The van der Waals surface area contributed by atoms with Crippen LogP contribution in [0.5, 0.6) is 5.75 Å². The maximum Gasteiger partial charge on any atom is 0.387 e. The van der Waals surface area contributed by atoms with Crippen LogP contribution in [-0.4, -0.2) is 70.6 Å². The number of ether oxygens (including phenoxy) is 1. The summed E-state index contributed by atoms with van der Waals surface area (Å²) < 4.78 is 33.9. The van der Waals surface area contributed by atoms with Crippen LogP contribution in [-0.2, 0) is 4.79 Å². The van der Waals surface area contributed by atoms with Crippen molar-refractivity contribution in [2.75, 3.05) is 41.7 Å². The van der Waals surface area contributed by atoms with Gasteiger partial charge in [-0.05, 0) is 36.4 Å². The molecular weight excluding hydrogens is 480 g/mol. The number of rotatable bonds is 7. The molecule has 2 aromatic heterocycles. The lowest BCUT2D eigenvalue weighted by Crippen LogP contribution is -2.48. The number of hydrogen-bond acceptors (Lipinski definition) is 9. The van der Waals surface area contributed by atoms with E-state index in [1.54, 1.807) is 24.0 Å². The Morgan fingerprint density at radius 3 is 2.31 bits per heavy atom. The number of amides is 3. The number of nitrogens with zero attached hydrogens (tertiary/aromatic N) is 5. The second-order valence-electron chi connectivity index (χ2n) is 7.62. The third-order valence-electron chi connectivity index (χ3n) is 5.24. The minimum absolute atomic E-state index is 0.0424. The van der Waals surface area contributed by atoms with E-state index in [0.717, 1.165) is 0 Å². The van der Waals surface area contributed by atoms with Crippen molar-refractivity contribution >= 4 is 35.2 Å². The summed E-state index contributed by atoms with van der Waals surface area (Å²) in [6, 6.07) is 8.05. The molecule has 0 spiro atoms. The van der Waals surface area contributed by atoms with Gasteiger partial charge < -0.3 is 24.3 Å². The molecule has 1 aromatic carbocycles. The van der Waals surface area contributed by atoms with Gasteiger partial charge in [0.15, 0.2) is 0 Å². The SMILES string of the molecule is CC(=O)N1CCN(c2ccc(NC(=O)c3nnc(NC(=O)c4ccc(OC(F)F)cc4)o3)cn2)CC1. The van der Waals surface area contributed by atoms with E-state index in [2.05, 4.69) is 30.6 Å². The number of pyridine rings is 1. The van der Waals surface area contributed by atoms with Gasteiger partial charge in [0.05, 0.1) is 11.9 Å². The molecule has 4 rings (SSSR count). The molecule has 0 unspecified atom stereocenters. The summed E-state index contributed by atoms with van der Waals surface area (Å²) in [5.41, 5.74) is 0.510. The van der Waals surface area contributed by atoms with Crippen LogP contribution < -0.4 is 20.3 Å². The van der Waals surface area contributed by atoms with Crippen molar-refractivity contribution in [2.45, 2.75) is 13.5 Å². The fourth-order valence-corrected chi connectivity index (χ4v) is 3.40. The van der Waals surface area contributed by atoms with Gasteiger partial charge in [-0.25, -0.2) is 4.98 Å². The minimum Gasteiger partial charge on any atom is -0.435 e. The van der Waals surface area contributed by atoms with Crippen LogP contribution in [0.25, 0.3) is 0 Å². The number of hydrogen-bond donors (Lipinski definition) is 2. The number of benzene rings is 1. The highest BCUT2D eigenvalue weighted by Gasteiger charge is 2.20. The van der Waals surface area contributed by atoms with Crippen molar-refractivity contribution < 1.29 is 32.3 Å². The fourth-order valence-electron chi connectivity index (χ4n) is 3.40. The van der Waals surface area contributed by atoms with Crippen molar-refractivity contribution in [3.05, 3.63) is 54.0 Å². The summed E-state index contributed by atoms with van der Waals surface area (Å²) in [4.78, 5) is 44.3. The van der Waals surface area contributed by atoms with Crippen LogP contribution in [0, 0.1) is 0 Å². The Bertz CT molecular complexity index is 1230. The molecule has 0 radical (unpaired) electrons. The number of alkyl halides is 2. The molecule has 36 heavy (non-hydrogen) atoms. The molecular formula is C22H21F2N7O5. The van der Waals surface area contributed by atoms with Crippen LogP contribution in [0.2, 0.25) is 0 Å². The first-order valence-electron chi connectivity index (χ1n) is 10.8. The Kier molecular flexibility index (Phi) is 7.32. The third-order valence-corrected chi connectivity index (χ3v) is 5.24. The van der Waals surface area contributed by atoms with Gasteiger partial charge in [-0.2, -0.15) is 8.78 Å². The molecule has 188 valence electrons. The first kappa shape index (κ1) is 24.5. The van der Waals surface area contributed by atoms with Gasteiger partial charge in [-0.3, -0.25) is 19.7 Å². The van der Waals surface area contributed by atoms with Gasteiger partial charge in [0.1, 0.15) is 11.6 Å². The van der Waals surface area contributed by atoms with E-state index in [4.69, 9.17) is 4.42 Å². The van der Waals surface area contributed by atoms with Crippen molar-refractivity contribution in [2.24, 2.45) is 0 Å². The zero-order chi connectivity index (χ0) is 25.7. The molecule has 1 aliphatic heterocycles. The van der Waals surface area contributed by atoms with E-state index >= 15 is 0 Å². The predicted octanol–water partition coefficient (Wildman–Crippen LogP) is 2.24. The van der Waals surface area contributed by atoms with Gasteiger partial charge in [0.25, 0.3) is 5.91 Å². The standard InChI is InChI=1S/C22H21F2N7O5/c1-13(32)30-8-10-31(11-9-30)17-7-4-15(12-25-17)26-19(34)20-28-29-22(36-20)27-18(33)14-2-5-16(6-3-14)35-21(23)24/h2-7,12,21H,8-11H2,1H3,(H,26,34)(H,27,29,33). The number of anilines is 3. The minimum atomic E-state index is -2.98. The zero-order valence-electron chi connectivity index (χ0n) is 19.0. The van der Waals surface area contributed by atoms with Crippen molar-refractivity contribution in [3.8, 4) is 5.75 Å². The topological polar surface area (TPSA) is 143 Å². The molecule has 14 heteroatoms. The van der Waals surface area contributed by atoms with E-state index in [9.17, 15) is 23.2 Å². The summed E-state index contributed by atoms with van der Waals surface area (Å²) in [5.74, 6) is -1.10. The number of carbonyl (C=O) groups is 3. The molecule has 1 aliphatic rings. The summed E-state index contributed by atoms with van der Waals surface area (Å²) in [6.45, 7) is 1.11. The average Bonchev–Trinajstić information content (AvgIpc) is 3.33. The summed E-state index contributed by atoms with van der Waals surface area (Å²) in [7, 11) is 0. The number of nitrogens with one attached hydrogen (secondary N) is 2.